The van der Waals surface area contributed by atoms with Gasteiger partial charge >= 0.3 is 0 Å². The van der Waals surface area contributed by atoms with Crippen LogP contribution in [-0.2, 0) is 16.4 Å². The number of sulfonamides is 1. The lowest BCUT2D eigenvalue weighted by Crippen LogP contribution is -2.14. The van der Waals surface area contributed by atoms with Gasteiger partial charge in [0, 0.05) is 28.3 Å². The normalized spacial score (nSPS) is 12.1. The molecular weight excluding hydrogens is 751 g/mol. The first kappa shape index (κ1) is 41.7. The molecule has 0 bridgehead atoms. The van der Waals surface area contributed by atoms with Gasteiger partial charge in [0.15, 0.2) is 11.5 Å². The van der Waals surface area contributed by atoms with Crippen LogP contribution in [0.25, 0.3) is 33.3 Å². The van der Waals surface area contributed by atoms with Crippen molar-refractivity contribution in [2.45, 2.75) is 104 Å². The quantitative estimate of drug-likeness (QED) is 0.0702. The summed E-state index contributed by atoms with van der Waals surface area (Å²) < 4.78 is 34.6. The number of anilines is 3. The van der Waals surface area contributed by atoms with Crippen LogP contribution in [0.1, 0.15) is 117 Å². The van der Waals surface area contributed by atoms with Gasteiger partial charge in [0.1, 0.15) is 11.3 Å². The number of ketones is 1. The van der Waals surface area contributed by atoms with E-state index < -0.39 is 10.0 Å². The van der Waals surface area contributed by atoms with E-state index in [0.717, 1.165) is 41.5 Å². The molecule has 0 radical (unpaired) electrons. The van der Waals surface area contributed by atoms with Crippen molar-refractivity contribution in [2.24, 2.45) is 0 Å². The molecular formula is C51H57N3O4S. The predicted molar refractivity (Wildman–Crippen MR) is 245 cm³/mol. The molecule has 0 aliphatic heterocycles. The first-order chi connectivity index (χ1) is 28.7. The lowest BCUT2D eigenvalue weighted by molar-refractivity contribution is 0.104. The number of nitrogens with one attached hydrogen (secondary N) is 2. The molecule has 7 nitrogen and oxygen atoms in total. The second-order valence-electron chi connectivity index (χ2n) is 16.1. The predicted octanol–water partition coefficient (Wildman–Crippen LogP) is 14.0. The minimum atomic E-state index is -3.60. The third kappa shape index (κ3) is 10.6. The average molecular weight is 808 g/mol. The second kappa shape index (κ2) is 19.5. The number of pyridine rings is 1. The molecule has 0 saturated heterocycles. The fourth-order valence-electron chi connectivity index (χ4n) is 8.28. The topological polar surface area (TPSA) is 97.4 Å². The van der Waals surface area contributed by atoms with Crippen LogP contribution >= 0.6 is 0 Å². The Kier molecular flexibility index (Phi) is 13.8. The lowest BCUT2D eigenvalue weighted by atomic mass is 9.82. The summed E-state index contributed by atoms with van der Waals surface area (Å²) in [5.41, 5.74) is 8.38. The minimum absolute atomic E-state index is 0.104. The highest BCUT2D eigenvalue weighted by Crippen LogP contribution is 2.48. The van der Waals surface area contributed by atoms with Gasteiger partial charge in [-0.05, 0) is 78.4 Å². The van der Waals surface area contributed by atoms with Gasteiger partial charge in [-0.1, -0.05) is 151 Å². The average Bonchev–Trinajstić information content (AvgIpc) is 3.22. The van der Waals surface area contributed by atoms with Crippen molar-refractivity contribution in [3.05, 3.63) is 131 Å². The molecule has 7 rings (SSSR count). The van der Waals surface area contributed by atoms with Crippen molar-refractivity contribution >= 4 is 43.8 Å². The molecule has 306 valence electrons. The Labute approximate surface area is 350 Å². The van der Waals surface area contributed by atoms with Crippen molar-refractivity contribution in [3.8, 4) is 33.9 Å². The van der Waals surface area contributed by atoms with E-state index in [0.29, 0.717) is 56.2 Å². The van der Waals surface area contributed by atoms with Gasteiger partial charge in [-0.15, -0.1) is 0 Å². The van der Waals surface area contributed by atoms with Crippen LogP contribution < -0.4 is 14.8 Å². The number of unbranched alkanes of at least 4 members (excludes halogenated alkanes) is 12. The molecule has 1 aliphatic rings. The molecule has 0 atom stereocenters. The number of aromatic nitrogens is 1. The van der Waals surface area contributed by atoms with Gasteiger partial charge < -0.3 is 10.1 Å². The van der Waals surface area contributed by atoms with Crippen molar-refractivity contribution < 1.29 is 17.9 Å². The fraction of sp³-hybridized carbons (Fsp3) is 0.333. The number of carbonyl (C=O) groups excluding carboxylic acids is 1. The summed E-state index contributed by atoms with van der Waals surface area (Å²) in [6, 6.07) is 35.1. The number of para-hydroxylation sites is 1. The van der Waals surface area contributed by atoms with E-state index >= 15 is 0 Å². The molecule has 0 unspecified atom stereocenters. The first-order valence-electron chi connectivity index (χ1n) is 21.5. The zero-order valence-electron chi connectivity index (χ0n) is 34.8. The summed E-state index contributed by atoms with van der Waals surface area (Å²) in [5.74, 6) is 1.07. The Morgan fingerprint density at radius 1 is 0.627 bits per heavy atom. The number of benzene rings is 5. The maximum atomic E-state index is 14.5. The molecule has 8 heteroatoms. The Hall–Kier alpha value is -5.47. The Balaban J connectivity index is 1.20. The summed E-state index contributed by atoms with van der Waals surface area (Å²) >= 11 is 0. The van der Waals surface area contributed by atoms with E-state index in [1.807, 2.05) is 104 Å². The molecule has 0 spiro atoms. The molecule has 0 amide bonds. The Morgan fingerprint density at radius 3 is 1.98 bits per heavy atom. The summed E-state index contributed by atoms with van der Waals surface area (Å²) in [4.78, 5) is 19.7. The molecule has 59 heavy (non-hydrogen) atoms. The molecule has 1 aliphatic carbocycles. The smallest absolute Gasteiger partial charge is 0.229 e. The molecule has 5 aromatic carbocycles. The number of nitrogens with zero attached hydrogens (tertiary/aromatic N) is 1. The van der Waals surface area contributed by atoms with E-state index in [1.54, 1.807) is 0 Å². The van der Waals surface area contributed by atoms with Crippen LogP contribution in [0.15, 0.2) is 109 Å². The van der Waals surface area contributed by atoms with Crippen molar-refractivity contribution in [1.29, 1.82) is 0 Å². The zero-order valence-corrected chi connectivity index (χ0v) is 35.6. The number of ether oxygens (including phenoxy) is 1. The maximum absolute atomic E-state index is 14.5. The summed E-state index contributed by atoms with van der Waals surface area (Å²) in [7, 11) is -3.60. The number of hydrogen-bond donors (Lipinski definition) is 2. The molecule has 1 heterocycles. The van der Waals surface area contributed by atoms with E-state index in [4.69, 9.17) is 9.72 Å². The Morgan fingerprint density at radius 2 is 1.29 bits per heavy atom. The number of fused-ring (bicyclic) bond motifs is 2. The summed E-state index contributed by atoms with van der Waals surface area (Å²) in [6.45, 7) is 4.19. The van der Waals surface area contributed by atoms with Crippen molar-refractivity contribution in [1.82, 2.24) is 4.98 Å². The second-order valence-corrected chi connectivity index (χ2v) is 17.9. The Bertz CT molecular complexity index is 2520. The molecule has 0 saturated carbocycles. The van der Waals surface area contributed by atoms with Crippen LogP contribution in [0.5, 0.6) is 11.5 Å². The number of carbonyl (C=O) groups is 1. The van der Waals surface area contributed by atoms with Crippen LogP contribution in [-0.4, -0.2) is 25.4 Å². The molecule has 2 N–H and O–H groups in total. The molecule has 0 fully saturated rings. The van der Waals surface area contributed by atoms with E-state index in [-0.39, 0.29) is 5.78 Å². The monoisotopic (exact) mass is 807 g/mol. The minimum Gasteiger partial charge on any atom is -0.455 e. The molecule has 1 aromatic heterocycles. The highest BCUT2D eigenvalue weighted by atomic mass is 32.2. The van der Waals surface area contributed by atoms with Crippen LogP contribution in [0.2, 0.25) is 0 Å². The van der Waals surface area contributed by atoms with Gasteiger partial charge in [0.2, 0.25) is 10.0 Å². The molecule has 6 aromatic rings. The lowest BCUT2D eigenvalue weighted by Gasteiger charge is -2.25. The van der Waals surface area contributed by atoms with Crippen molar-refractivity contribution in [2.75, 3.05) is 16.3 Å². The van der Waals surface area contributed by atoms with Crippen molar-refractivity contribution in [3.63, 3.8) is 0 Å². The maximum Gasteiger partial charge on any atom is 0.229 e. The van der Waals surface area contributed by atoms with E-state index in [2.05, 4.69) is 29.1 Å². The number of rotatable bonds is 21. The fourth-order valence-corrected chi connectivity index (χ4v) is 8.85. The largest absolute Gasteiger partial charge is 0.455 e. The SMILES string of the molecule is CCCCCCCCCCCCCCCc1cccc(Oc2cc(Nc3ccccc3)c3c4c(cc(-c5ccc(C)cc5NS(C)(=O)=O)nc24)-c2ccccc2C3=O)c1. The van der Waals surface area contributed by atoms with Crippen LogP contribution in [0.4, 0.5) is 17.1 Å². The van der Waals surface area contributed by atoms with Crippen LogP contribution in [0, 0.1) is 6.92 Å². The van der Waals surface area contributed by atoms with E-state index in [1.165, 1.54) is 82.6 Å². The third-order valence-corrected chi connectivity index (χ3v) is 11.8. The standard InChI is InChI=1S/C51H57N3O4S/c1-4-5-6-7-8-9-10-11-12-13-14-15-17-23-37-24-22-27-39(33-37)58-47-35-46(52-38-25-18-16-19-26-38)49-48-43(40-28-20-21-29-41(40)51(49)55)34-44(53-50(47)48)42-31-30-36(2)32-45(42)54-59(3,56)57/h16,18-22,24-35,52,54H,4-15,17,23H2,1-3H3. The van der Waals surface area contributed by atoms with Gasteiger partial charge in [0.05, 0.1) is 28.9 Å². The van der Waals surface area contributed by atoms with Crippen LogP contribution in [0.3, 0.4) is 0 Å². The highest BCUT2D eigenvalue weighted by Gasteiger charge is 2.31. The van der Waals surface area contributed by atoms with Gasteiger partial charge in [0.25, 0.3) is 0 Å². The number of aryl methyl sites for hydroxylation is 2. The van der Waals surface area contributed by atoms with Gasteiger partial charge in [-0.2, -0.15) is 0 Å². The number of hydrogen-bond acceptors (Lipinski definition) is 6. The third-order valence-electron chi connectivity index (χ3n) is 11.2. The summed E-state index contributed by atoms with van der Waals surface area (Å²) in [6.07, 6.45) is 19.3. The first-order valence-corrected chi connectivity index (χ1v) is 23.4. The highest BCUT2D eigenvalue weighted by molar-refractivity contribution is 7.92. The summed E-state index contributed by atoms with van der Waals surface area (Å²) in [5, 5.41) is 4.21. The van der Waals surface area contributed by atoms with Gasteiger partial charge in [-0.25, -0.2) is 13.4 Å². The van der Waals surface area contributed by atoms with Gasteiger partial charge in [-0.3, -0.25) is 9.52 Å². The zero-order chi connectivity index (χ0) is 41.2. The van der Waals surface area contributed by atoms with E-state index in [9.17, 15) is 13.2 Å².